The van der Waals surface area contributed by atoms with Gasteiger partial charge in [0.2, 0.25) is 0 Å². The van der Waals surface area contributed by atoms with E-state index in [0.717, 1.165) is 0 Å². The molecule has 0 spiro atoms. The molecule has 154 valence electrons. The molecule has 2 N–H and O–H groups in total. The molecule has 0 rings (SSSR count). The van der Waals surface area contributed by atoms with Crippen molar-refractivity contribution in [1.82, 2.24) is 4.90 Å². The van der Waals surface area contributed by atoms with Crippen molar-refractivity contribution in [2.24, 2.45) is 5.73 Å². The minimum atomic E-state index is -1.23. The predicted molar refractivity (Wildman–Crippen MR) is 101 cm³/mol. The Balaban J connectivity index is 5.77. The maximum Gasteiger partial charge on any atom is 0.420 e. The highest BCUT2D eigenvalue weighted by molar-refractivity contribution is 5.94. The van der Waals surface area contributed by atoms with Crippen LogP contribution in [0.4, 0.5) is 9.59 Å². The Morgan fingerprint density at radius 3 is 1.85 bits per heavy atom. The molecule has 0 bridgehead atoms. The Kier molecular flexibility index (Phi) is 9.87. The van der Waals surface area contributed by atoms with E-state index in [-0.39, 0.29) is 13.0 Å². The Bertz CT molecular complexity index is 526. The summed E-state index contributed by atoms with van der Waals surface area (Å²) in [6.07, 6.45) is 4.39. The van der Waals surface area contributed by atoms with Crippen molar-refractivity contribution in [2.45, 2.75) is 78.0 Å². The first-order valence-corrected chi connectivity index (χ1v) is 8.87. The fourth-order valence-electron chi connectivity index (χ4n) is 1.99. The minimum absolute atomic E-state index is 0.152. The van der Waals surface area contributed by atoms with E-state index < -0.39 is 35.4 Å². The summed E-state index contributed by atoms with van der Waals surface area (Å²) < 4.78 is 15.5. The number of esters is 1. The average Bonchev–Trinajstić information content (AvgIpc) is 2.48. The monoisotopic (exact) mass is 384 g/mol. The van der Waals surface area contributed by atoms with Gasteiger partial charge in [0.1, 0.15) is 17.2 Å². The molecule has 0 saturated heterocycles. The van der Waals surface area contributed by atoms with E-state index in [4.69, 9.17) is 26.4 Å². The largest absolute Gasteiger partial charge is 0.451 e. The molecule has 8 nitrogen and oxygen atoms in total. The first-order chi connectivity index (χ1) is 12.3. The van der Waals surface area contributed by atoms with Crippen LogP contribution in [0, 0.1) is 12.3 Å². The summed E-state index contributed by atoms with van der Waals surface area (Å²) in [6.45, 7) is 10.0. The standard InChI is InChI=1S/C19H32N2O6/c1-8-13-25-15(22)14(11-9-10-12-20)21(16(23)26-18(2,3)4)17(24)27-19(5,6)7/h1,14H,9-13,20H2,2-7H3/t14-/m0/s1. The lowest BCUT2D eigenvalue weighted by atomic mass is 10.1. The molecule has 8 heteroatoms. The van der Waals surface area contributed by atoms with E-state index in [1.165, 1.54) is 0 Å². The summed E-state index contributed by atoms with van der Waals surface area (Å²) in [5, 5.41) is 0. The van der Waals surface area contributed by atoms with Crippen LogP contribution in [0.5, 0.6) is 0 Å². The minimum Gasteiger partial charge on any atom is -0.451 e. The van der Waals surface area contributed by atoms with Gasteiger partial charge >= 0.3 is 18.2 Å². The maximum absolute atomic E-state index is 12.7. The predicted octanol–water partition coefficient (Wildman–Crippen LogP) is 2.83. The number of nitrogens with two attached hydrogens (primary N) is 1. The Hall–Kier alpha value is -2.27. The van der Waals surface area contributed by atoms with E-state index in [9.17, 15) is 14.4 Å². The highest BCUT2D eigenvalue weighted by atomic mass is 16.6. The average molecular weight is 384 g/mol. The van der Waals surface area contributed by atoms with Gasteiger partial charge in [-0.2, -0.15) is 4.90 Å². The Labute approximate surface area is 161 Å². The maximum atomic E-state index is 12.7. The summed E-state index contributed by atoms with van der Waals surface area (Å²) in [6, 6.07) is -1.23. The normalized spacial score (nSPS) is 12.5. The van der Waals surface area contributed by atoms with Crippen molar-refractivity contribution in [2.75, 3.05) is 13.2 Å². The fourth-order valence-corrected chi connectivity index (χ4v) is 1.99. The molecule has 0 aromatic heterocycles. The van der Waals surface area contributed by atoms with E-state index in [0.29, 0.717) is 24.3 Å². The number of hydrogen-bond donors (Lipinski definition) is 1. The summed E-state index contributed by atoms with van der Waals surface area (Å²) in [7, 11) is 0. The van der Waals surface area contributed by atoms with Crippen molar-refractivity contribution in [1.29, 1.82) is 0 Å². The number of rotatable bonds is 7. The number of carbonyl (C=O) groups is 3. The third-order valence-corrected chi connectivity index (χ3v) is 2.99. The smallest absolute Gasteiger partial charge is 0.420 e. The Morgan fingerprint density at radius 1 is 1.00 bits per heavy atom. The van der Waals surface area contributed by atoms with Gasteiger partial charge in [0.15, 0.2) is 6.61 Å². The molecule has 27 heavy (non-hydrogen) atoms. The van der Waals surface area contributed by atoms with E-state index >= 15 is 0 Å². The molecule has 0 fully saturated rings. The summed E-state index contributed by atoms with van der Waals surface area (Å²) >= 11 is 0. The fraction of sp³-hybridized carbons (Fsp3) is 0.737. The van der Waals surface area contributed by atoms with E-state index in [1.54, 1.807) is 41.5 Å². The van der Waals surface area contributed by atoms with Crippen molar-refractivity contribution in [3.63, 3.8) is 0 Å². The van der Waals surface area contributed by atoms with Gasteiger partial charge in [-0.05, 0) is 67.3 Å². The zero-order valence-electron chi connectivity index (χ0n) is 17.2. The van der Waals surface area contributed by atoms with Gasteiger partial charge in [0, 0.05) is 0 Å². The number of carbonyl (C=O) groups excluding carboxylic acids is 3. The van der Waals surface area contributed by atoms with Crippen LogP contribution in [0.15, 0.2) is 0 Å². The molecule has 0 saturated carbocycles. The van der Waals surface area contributed by atoms with Crippen LogP contribution in [0.2, 0.25) is 0 Å². The Morgan fingerprint density at radius 2 is 1.48 bits per heavy atom. The van der Waals surface area contributed by atoms with Crippen molar-refractivity contribution in [3.8, 4) is 12.3 Å². The van der Waals surface area contributed by atoms with Gasteiger partial charge in [0.25, 0.3) is 0 Å². The lowest BCUT2D eigenvalue weighted by Gasteiger charge is -2.32. The number of unbranched alkanes of at least 4 members (excludes halogenated alkanes) is 1. The van der Waals surface area contributed by atoms with E-state index in [1.807, 2.05) is 0 Å². The molecule has 1 atom stereocenters. The van der Waals surface area contributed by atoms with Crippen LogP contribution in [-0.2, 0) is 19.0 Å². The molecule has 0 aliphatic rings. The number of hydrogen-bond acceptors (Lipinski definition) is 7. The molecular formula is C19H32N2O6. The number of amides is 2. The number of ether oxygens (including phenoxy) is 3. The van der Waals surface area contributed by atoms with Gasteiger partial charge < -0.3 is 19.9 Å². The van der Waals surface area contributed by atoms with Gasteiger partial charge in [-0.3, -0.25) is 0 Å². The molecule has 0 aliphatic heterocycles. The summed E-state index contributed by atoms with van der Waals surface area (Å²) in [4.78, 5) is 38.5. The van der Waals surface area contributed by atoms with Crippen molar-refractivity contribution < 1.29 is 28.6 Å². The lowest BCUT2D eigenvalue weighted by molar-refractivity contribution is -0.148. The lowest BCUT2D eigenvalue weighted by Crippen LogP contribution is -2.52. The zero-order chi connectivity index (χ0) is 21.3. The molecule has 0 aliphatic carbocycles. The molecule has 0 unspecified atom stereocenters. The van der Waals surface area contributed by atoms with E-state index in [2.05, 4.69) is 5.92 Å². The van der Waals surface area contributed by atoms with Crippen molar-refractivity contribution in [3.05, 3.63) is 0 Å². The van der Waals surface area contributed by atoms with Gasteiger partial charge in [-0.1, -0.05) is 5.92 Å². The molecule has 0 heterocycles. The summed E-state index contributed by atoms with van der Waals surface area (Å²) in [5.74, 6) is 1.38. The van der Waals surface area contributed by atoms with Crippen molar-refractivity contribution >= 4 is 18.2 Å². The first kappa shape index (κ1) is 24.7. The SMILES string of the molecule is C#CCOC(=O)[C@H](CCCCN)N(C(=O)OC(C)(C)C)C(=O)OC(C)(C)C. The van der Waals surface area contributed by atoms with Gasteiger partial charge in [-0.25, -0.2) is 14.4 Å². The van der Waals surface area contributed by atoms with Gasteiger partial charge in [0.05, 0.1) is 0 Å². The van der Waals surface area contributed by atoms with Gasteiger partial charge in [-0.15, -0.1) is 6.42 Å². The van der Waals surface area contributed by atoms with Crippen LogP contribution in [0.3, 0.4) is 0 Å². The highest BCUT2D eigenvalue weighted by Gasteiger charge is 2.40. The summed E-state index contributed by atoms with van der Waals surface area (Å²) in [5.41, 5.74) is 3.75. The molecule has 0 aromatic rings. The van der Waals surface area contributed by atoms with Crippen LogP contribution < -0.4 is 5.73 Å². The third kappa shape index (κ3) is 10.5. The number of terminal acetylenes is 1. The topological polar surface area (TPSA) is 108 Å². The second kappa shape index (κ2) is 10.8. The second-order valence-corrected chi connectivity index (χ2v) is 7.94. The number of nitrogens with zero attached hydrogens (tertiary/aromatic N) is 1. The first-order valence-electron chi connectivity index (χ1n) is 8.87. The van der Waals surface area contributed by atoms with Crippen LogP contribution in [0.1, 0.15) is 60.8 Å². The third-order valence-electron chi connectivity index (χ3n) is 2.99. The van der Waals surface area contributed by atoms with Crippen LogP contribution >= 0.6 is 0 Å². The molecular weight excluding hydrogens is 352 g/mol. The quantitative estimate of drug-likeness (QED) is 0.311. The second-order valence-electron chi connectivity index (χ2n) is 7.94. The van der Waals surface area contributed by atoms with Crippen LogP contribution in [0.25, 0.3) is 0 Å². The molecule has 0 radical (unpaired) electrons. The molecule has 0 aromatic carbocycles. The molecule has 2 amide bonds. The number of imide groups is 1. The highest BCUT2D eigenvalue weighted by Crippen LogP contribution is 2.20. The zero-order valence-corrected chi connectivity index (χ0v) is 17.2. The van der Waals surface area contributed by atoms with Crippen LogP contribution in [-0.4, -0.2) is 53.5 Å².